The molecule has 37 heavy (non-hydrogen) atoms. The molecule has 5 nitrogen and oxygen atoms in total. The number of hydrogen-bond acceptors (Lipinski definition) is 5. The zero-order valence-corrected chi connectivity index (χ0v) is 20.9. The molecule has 2 heterocycles. The first-order valence-corrected chi connectivity index (χ1v) is 12.6. The number of fused-ring (bicyclic) bond motifs is 1. The number of halogens is 2. The lowest BCUT2D eigenvalue weighted by molar-refractivity contribution is 0.198. The molecule has 2 aliphatic heterocycles. The Bertz CT molecular complexity index is 1280. The third-order valence-corrected chi connectivity index (χ3v) is 6.93. The van der Waals surface area contributed by atoms with Gasteiger partial charge in [-0.2, -0.15) is 0 Å². The van der Waals surface area contributed by atoms with E-state index in [1.165, 1.54) is 13.2 Å². The molecule has 3 aromatic rings. The summed E-state index contributed by atoms with van der Waals surface area (Å²) in [7, 11) is 1.51. The second kappa shape index (κ2) is 11.2. The number of aromatic hydroxyl groups is 1. The van der Waals surface area contributed by atoms with Crippen molar-refractivity contribution in [2.45, 2.75) is 25.4 Å². The molecule has 2 aliphatic rings. The molecule has 0 aliphatic carbocycles. The van der Waals surface area contributed by atoms with Crippen LogP contribution in [0.4, 0.5) is 8.78 Å². The Kier molecular flexibility index (Phi) is 7.60. The normalized spacial score (nSPS) is 17.8. The Hall–Kier alpha value is -3.58. The Labute approximate surface area is 215 Å². The van der Waals surface area contributed by atoms with E-state index in [9.17, 15) is 9.50 Å². The molecule has 0 spiro atoms. The molecule has 3 aromatic carbocycles. The summed E-state index contributed by atoms with van der Waals surface area (Å²) in [6.45, 7) is 2.52. The van der Waals surface area contributed by atoms with Crippen LogP contribution in [0.15, 0.2) is 60.7 Å². The second-order valence-electron chi connectivity index (χ2n) is 9.37. The van der Waals surface area contributed by atoms with Crippen molar-refractivity contribution in [2.24, 2.45) is 0 Å². The number of hydrogen-bond donors (Lipinski definition) is 1. The van der Waals surface area contributed by atoms with E-state index in [1.807, 2.05) is 30.3 Å². The number of rotatable bonds is 8. The monoisotopic (exact) mass is 507 g/mol. The second-order valence-corrected chi connectivity index (χ2v) is 9.37. The first kappa shape index (κ1) is 25.1. The van der Waals surface area contributed by atoms with E-state index in [4.69, 9.17) is 14.2 Å². The average molecular weight is 508 g/mol. The van der Waals surface area contributed by atoms with Crippen LogP contribution in [0.2, 0.25) is 0 Å². The summed E-state index contributed by atoms with van der Waals surface area (Å²) in [5.41, 5.74) is 3.83. The molecule has 7 heteroatoms. The highest BCUT2D eigenvalue weighted by Gasteiger charge is 2.25. The molecule has 0 saturated carbocycles. The van der Waals surface area contributed by atoms with Gasteiger partial charge in [0.05, 0.1) is 20.4 Å². The van der Waals surface area contributed by atoms with Crippen molar-refractivity contribution >= 4 is 11.1 Å². The van der Waals surface area contributed by atoms with Crippen molar-refractivity contribution in [3.8, 4) is 23.0 Å². The molecule has 1 atom stereocenters. The summed E-state index contributed by atoms with van der Waals surface area (Å²) in [4.78, 5) is 2.23. The predicted molar refractivity (Wildman–Crippen MR) is 140 cm³/mol. The van der Waals surface area contributed by atoms with Crippen LogP contribution in [-0.2, 0) is 0 Å². The van der Waals surface area contributed by atoms with Crippen LogP contribution in [0.1, 0.15) is 36.0 Å². The van der Waals surface area contributed by atoms with Gasteiger partial charge < -0.3 is 19.3 Å². The maximum absolute atomic E-state index is 15.2. The minimum Gasteiger partial charge on any atom is -0.508 e. The molecular weight excluding hydrogens is 476 g/mol. The van der Waals surface area contributed by atoms with Crippen LogP contribution in [0.5, 0.6) is 23.0 Å². The van der Waals surface area contributed by atoms with E-state index in [0.717, 1.165) is 54.1 Å². The Balaban J connectivity index is 1.49. The Morgan fingerprint density at radius 2 is 1.81 bits per heavy atom. The van der Waals surface area contributed by atoms with Crippen molar-refractivity contribution in [1.29, 1.82) is 0 Å². The summed E-state index contributed by atoms with van der Waals surface area (Å²) in [5, 5.41) is 10.1. The van der Waals surface area contributed by atoms with E-state index < -0.39 is 0 Å². The molecule has 0 bridgehead atoms. The fourth-order valence-corrected chi connectivity index (χ4v) is 5.13. The number of alkyl halides is 1. The van der Waals surface area contributed by atoms with Gasteiger partial charge in [-0.05, 0) is 65.9 Å². The topological polar surface area (TPSA) is 51.2 Å². The van der Waals surface area contributed by atoms with Crippen LogP contribution in [0.25, 0.3) is 11.1 Å². The molecule has 1 N–H and O–H groups in total. The molecule has 0 amide bonds. The van der Waals surface area contributed by atoms with Crippen molar-refractivity contribution in [1.82, 2.24) is 4.90 Å². The van der Waals surface area contributed by atoms with Crippen molar-refractivity contribution in [3.63, 3.8) is 0 Å². The molecule has 5 rings (SSSR count). The van der Waals surface area contributed by atoms with Crippen molar-refractivity contribution < 1.29 is 28.1 Å². The van der Waals surface area contributed by atoms with Gasteiger partial charge in [0, 0.05) is 49.3 Å². The van der Waals surface area contributed by atoms with Gasteiger partial charge in [0.2, 0.25) is 0 Å². The number of methoxy groups -OCH3 is 1. The van der Waals surface area contributed by atoms with Gasteiger partial charge in [0.25, 0.3) is 0 Å². The van der Waals surface area contributed by atoms with E-state index >= 15 is 4.39 Å². The summed E-state index contributed by atoms with van der Waals surface area (Å²) in [6.07, 6.45) is 2.03. The van der Waals surface area contributed by atoms with Crippen molar-refractivity contribution in [3.05, 3.63) is 83.2 Å². The molecule has 1 fully saturated rings. The lowest BCUT2D eigenvalue weighted by Crippen LogP contribution is -2.26. The lowest BCUT2D eigenvalue weighted by atomic mass is 9.88. The third kappa shape index (κ3) is 5.57. The van der Waals surface area contributed by atoms with Crippen LogP contribution in [0, 0.1) is 5.82 Å². The highest BCUT2D eigenvalue weighted by Crippen LogP contribution is 2.43. The van der Waals surface area contributed by atoms with Gasteiger partial charge in [-0.15, -0.1) is 0 Å². The fraction of sp³-hybridized carbons (Fsp3) is 0.333. The molecular formula is C30H31F2NO4. The van der Waals surface area contributed by atoms with Gasteiger partial charge in [0.1, 0.15) is 34.9 Å². The van der Waals surface area contributed by atoms with Gasteiger partial charge in [-0.25, -0.2) is 4.39 Å². The third-order valence-electron chi connectivity index (χ3n) is 6.93. The fourth-order valence-electron chi connectivity index (χ4n) is 5.13. The number of nitrogens with zero attached hydrogens (tertiary/aromatic N) is 1. The van der Waals surface area contributed by atoms with E-state index in [0.29, 0.717) is 36.5 Å². The largest absolute Gasteiger partial charge is 0.508 e. The van der Waals surface area contributed by atoms with E-state index in [1.54, 1.807) is 24.3 Å². The Morgan fingerprint density at radius 1 is 1.03 bits per heavy atom. The first-order valence-electron chi connectivity index (χ1n) is 12.6. The molecule has 194 valence electrons. The maximum Gasteiger partial charge on any atom is 0.134 e. The number of phenolic OH excluding ortho intramolecular Hbond substituents is 1. The van der Waals surface area contributed by atoms with Gasteiger partial charge >= 0.3 is 0 Å². The van der Waals surface area contributed by atoms with Gasteiger partial charge in [0.15, 0.2) is 0 Å². The number of ether oxygens (including phenoxy) is 3. The zero-order chi connectivity index (χ0) is 25.8. The zero-order valence-electron chi connectivity index (χ0n) is 20.9. The summed E-state index contributed by atoms with van der Waals surface area (Å²) in [6, 6.07) is 17.7. The highest BCUT2D eigenvalue weighted by atomic mass is 19.1. The van der Waals surface area contributed by atoms with Crippen LogP contribution >= 0.6 is 0 Å². The van der Waals surface area contributed by atoms with Gasteiger partial charge in [-0.1, -0.05) is 12.1 Å². The number of phenols is 1. The smallest absolute Gasteiger partial charge is 0.134 e. The van der Waals surface area contributed by atoms with Crippen LogP contribution < -0.4 is 14.2 Å². The Morgan fingerprint density at radius 3 is 2.57 bits per heavy atom. The average Bonchev–Trinajstić information content (AvgIpc) is 3.27. The number of benzene rings is 3. The molecule has 1 saturated heterocycles. The summed E-state index contributed by atoms with van der Waals surface area (Å²) >= 11 is 0. The van der Waals surface area contributed by atoms with Crippen LogP contribution in [-0.4, -0.2) is 56.1 Å². The van der Waals surface area contributed by atoms with E-state index in [2.05, 4.69) is 4.90 Å². The molecule has 0 radical (unpaired) electrons. The molecule has 0 aromatic heterocycles. The maximum atomic E-state index is 15.2. The standard InChI is InChI=1S/C30H31F2NO4/c1-35-23-8-10-25(28(32)18-23)26-12-16-36-29-17-21(34)5-9-27(29)30(26)20-3-6-22(7-4-20)37-24-11-15-33(19-24)14-2-13-31/h3-10,17-18,24,34H,2,11-16,19H2,1H3/t24-/m0/s1. The predicted octanol–water partition coefficient (Wildman–Crippen LogP) is 6.09. The van der Waals surface area contributed by atoms with Crippen molar-refractivity contribution in [2.75, 3.05) is 40.0 Å². The van der Waals surface area contributed by atoms with Gasteiger partial charge in [-0.3, -0.25) is 9.29 Å². The lowest BCUT2D eigenvalue weighted by Gasteiger charge is -2.18. The SMILES string of the molecule is COc1ccc(C2=C(c3ccc(O[C@H]4CCN(CCCF)C4)cc3)c3ccc(O)cc3OCC2)c(F)c1. The minimum absolute atomic E-state index is 0.0728. The van der Waals surface area contributed by atoms with Crippen LogP contribution in [0.3, 0.4) is 0 Å². The highest BCUT2D eigenvalue weighted by molar-refractivity contribution is 6.00. The summed E-state index contributed by atoms with van der Waals surface area (Å²) in [5.74, 6) is 1.51. The van der Waals surface area contributed by atoms with E-state index in [-0.39, 0.29) is 24.3 Å². The minimum atomic E-state index is -0.368. The summed E-state index contributed by atoms with van der Waals surface area (Å²) < 4.78 is 45.1. The molecule has 0 unspecified atom stereocenters. The number of likely N-dealkylation sites (tertiary alicyclic amines) is 1. The first-order chi connectivity index (χ1) is 18.1. The quantitative estimate of drug-likeness (QED) is 0.400.